The van der Waals surface area contributed by atoms with Gasteiger partial charge in [0, 0.05) is 24.1 Å². The van der Waals surface area contributed by atoms with Gasteiger partial charge in [-0.2, -0.15) is 0 Å². The minimum Gasteiger partial charge on any atom is -0.358 e. The highest BCUT2D eigenvalue weighted by Crippen LogP contribution is 2.32. The molecule has 1 atom stereocenters. The van der Waals surface area contributed by atoms with Crippen LogP contribution in [0.4, 0.5) is 0 Å². The second-order valence-corrected chi connectivity index (χ2v) is 7.28. The van der Waals surface area contributed by atoms with Crippen LogP contribution in [0.2, 0.25) is 10.0 Å². The molecule has 0 bridgehead atoms. The molecule has 2 heterocycles. The van der Waals surface area contributed by atoms with Crippen LogP contribution in [0.15, 0.2) is 41.5 Å². The summed E-state index contributed by atoms with van der Waals surface area (Å²) < 4.78 is 0. The van der Waals surface area contributed by atoms with E-state index in [-0.39, 0.29) is 6.04 Å². The molecule has 6 heteroatoms. The molecule has 1 N–H and O–H groups in total. The average Bonchev–Trinajstić information content (AvgIpc) is 3.05. The third kappa shape index (κ3) is 4.19. The van der Waals surface area contributed by atoms with Gasteiger partial charge in [-0.15, -0.1) is 0 Å². The lowest BCUT2D eigenvalue weighted by atomic mass is 10.0. The molecule has 3 rings (SSSR count). The molecular formula is C17H17Cl2N3S. The Kier molecular flexibility index (Phi) is 5.46. The molecule has 0 spiro atoms. The molecule has 0 aliphatic carbocycles. The van der Waals surface area contributed by atoms with E-state index in [4.69, 9.17) is 23.2 Å². The predicted octanol–water partition coefficient (Wildman–Crippen LogP) is 4.67. The zero-order valence-electron chi connectivity index (χ0n) is 12.7. The fraction of sp³-hybridized carbons (Fsp3) is 0.294. The number of aliphatic imine (C=N–C) groups is 1. The number of nitrogens with zero attached hydrogens (tertiary/aromatic N) is 2. The third-order valence-electron chi connectivity index (χ3n) is 3.63. The zero-order chi connectivity index (χ0) is 16.2. The lowest BCUT2D eigenvalue weighted by molar-refractivity contribution is 0.638. The monoisotopic (exact) mass is 365 g/mol. The van der Waals surface area contributed by atoms with Crippen LogP contribution < -0.4 is 5.32 Å². The molecule has 0 radical (unpaired) electrons. The highest BCUT2D eigenvalue weighted by Gasteiger charge is 2.20. The van der Waals surface area contributed by atoms with Crippen molar-refractivity contribution in [2.75, 3.05) is 12.3 Å². The first kappa shape index (κ1) is 16.6. The molecule has 1 aromatic heterocycles. The van der Waals surface area contributed by atoms with Crippen LogP contribution in [0, 0.1) is 6.92 Å². The van der Waals surface area contributed by atoms with Crippen LogP contribution in [0.25, 0.3) is 0 Å². The van der Waals surface area contributed by atoms with Crippen LogP contribution >= 0.6 is 35.0 Å². The quantitative estimate of drug-likeness (QED) is 0.854. The smallest absolute Gasteiger partial charge is 0.157 e. The molecule has 1 aliphatic heterocycles. The molecule has 2 aromatic rings. The second kappa shape index (κ2) is 7.56. The number of hydrogen-bond donors (Lipinski definition) is 1. The highest BCUT2D eigenvalue weighted by atomic mass is 35.5. The number of benzene rings is 1. The number of pyridine rings is 1. The topological polar surface area (TPSA) is 37.3 Å². The first-order valence-corrected chi connectivity index (χ1v) is 9.17. The molecule has 0 saturated carbocycles. The third-order valence-corrected chi connectivity index (χ3v) is 5.37. The van der Waals surface area contributed by atoms with Crippen LogP contribution in [-0.4, -0.2) is 22.4 Å². The van der Waals surface area contributed by atoms with Crippen LogP contribution in [0.3, 0.4) is 0 Å². The Morgan fingerprint density at radius 2 is 2.13 bits per heavy atom. The number of halogens is 2. The van der Waals surface area contributed by atoms with Gasteiger partial charge in [0.05, 0.1) is 22.6 Å². The minimum absolute atomic E-state index is 0.0132. The largest absolute Gasteiger partial charge is 0.358 e. The van der Waals surface area contributed by atoms with Crippen molar-refractivity contribution in [1.82, 2.24) is 10.3 Å². The molecule has 0 saturated heterocycles. The summed E-state index contributed by atoms with van der Waals surface area (Å²) in [5, 5.41) is 5.60. The Labute approximate surface area is 150 Å². The van der Waals surface area contributed by atoms with E-state index in [0.717, 1.165) is 40.7 Å². The number of thioether (sulfide) groups is 1. The molecule has 1 aliphatic rings. The van der Waals surface area contributed by atoms with E-state index in [9.17, 15) is 0 Å². The maximum atomic E-state index is 6.43. The number of aromatic nitrogens is 1. The molecule has 120 valence electrons. The Balaban J connectivity index is 1.89. The van der Waals surface area contributed by atoms with Gasteiger partial charge in [0.2, 0.25) is 0 Å². The van der Waals surface area contributed by atoms with Crippen molar-refractivity contribution in [3.63, 3.8) is 0 Å². The molecule has 1 unspecified atom stereocenters. The summed E-state index contributed by atoms with van der Waals surface area (Å²) >= 11 is 14.3. The number of rotatable bonds is 4. The SMILES string of the molecule is Cc1ccc(CC(NC2=NCCS2)c2cccc(Cl)c2Cl)nc1. The predicted molar refractivity (Wildman–Crippen MR) is 99.8 cm³/mol. The normalized spacial score (nSPS) is 15.3. The van der Waals surface area contributed by atoms with E-state index in [1.807, 2.05) is 31.3 Å². The van der Waals surface area contributed by atoms with Crippen molar-refractivity contribution >= 4 is 40.1 Å². The molecular weight excluding hydrogens is 349 g/mol. The van der Waals surface area contributed by atoms with E-state index >= 15 is 0 Å². The highest BCUT2D eigenvalue weighted by molar-refractivity contribution is 8.14. The lowest BCUT2D eigenvalue weighted by Gasteiger charge is -2.21. The van der Waals surface area contributed by atoms with Gasteiger partial charge in [0.1, 0.15) is 0 Å². The van der Waals surface area contributed by atoms with E-state index < -0.39 is 0 Å². The molecule has 0 fully saturated rings. The van der Waals surface area contributed by atoms with Crippen molar-refractivity contribution < 1.29 is 0 Å². The summed E-state index contributed by atoms with van der Waals surface area (Å²) in [5.74, 6) is 1.01. The van der Waals surface area contributed by atoms with Crippen molar-refractivity contribution in [3.05, 3.63) is 63.4 Å². The van der Waals surface area contributed by atoms with Gasteiger partial charge in [-0.25, -0.2) is 0 Å². The number of nitrogens with one attached hydrogen (secondary N) is 1. The van der Waals surface area contributed by atoms with Crippen molar-refractivity contribution in [2.45, 2.75) is 19.4 Å². The summed E-state index contributed by atoms with van der Waals surface area (Å²) in [6, 6.07) is 9.83. The molecule has 23 heavy (non-hydrogen) atoms. The Morgan fingerprint density at radius 1 is 1.26 bits per heavy atom. The second-order valence-electron chi connectivity index (χ2n) is 5.41. The first-order valence-electron chi connectivity index (χ1n) is 7.42. The van der Waals surface area contributed by atoms with Crippen molar-refractivity contribution in [3.8, 4) is 0 Å². The van der Waals surface area contributed by atoms with Crippen molar-refractivity contribution in [1.29, 1.82) is 0 Å². The van der Waals surface area contributed by atoms with E-state index in [1.165, 1.54) is 0 Å². The number of hydrogen-bond acceptors (Lipinski definition) is 4. The minimum atomic E-state index is -0.0132. The van der Waals surface area contributed by atoms with Crippen molar-refractivity contribution in [2.24, 2.45) is 4.99 Å². The standard InChI is InChI=1S/C17H17Cl2N3S/c1-11-5-6-12(21-10-11)9-15(22-17-20-7-8-23-17)13-3-2-4-14(18)16(13)19/h2-6,10,15H,7-9H2,1H3,(H,20,22). The Morgan fingerprint density at radius 3 is 2.83 bits per heavy atom. The number of aryl methyl sites for hydroxylation is 1. The lowest BCUT2D eigenvalue weighted by Crippen LogP contribution is -2.27. The average molecular weight is 366 g/mol. The van der Waals surface area contributed by atoms with Gasteiger partial charge < -0.3 is 5.32 Å². The fourth-order valence-electron chi connectivity index (χ4n) is 2.43. The molecule has 3 nitrogen and oxygen atoms in total. The Bertz CT molecular complexity index is 716. The molecule has 0 amide bonds. The summed E-state index contributed by atoms with van der Waals surface area (Å²) in [6.07, 6.45) is 2.60. The summed E-state index contributed by atoms with van der Waals surface area (Å²) in [5.41, 5.74) is 3.12. The summed E-state index contributed by atoms with van der Waals surface area (Å²) in [7, 11) is 0. The Hall–Kier alpha value is -1.23. The maximum absolute atomic E-state index is 6.43. The van der Waals surface area contributed by atoms with E-state index in [0.29, 0.717) is 10.0 Å². The van der Waals surface area contributed by atoms with Gasteiger partial charge >= 0.3 is 0 Å². The van der Waals surface area contributed by atoms with Crippen LogP contribution in [-0.2, 0) is 6.42 Å². The van der Waals surface area contributed by atoms with E-state index in [1.54, 1.807) is 17.8 Å². The summed E-state index contributed by atoms with van der Waals surface area (Å²) in [4.78, 5) is 8.99. The van der Waals surface area contributed by atoms with Crippen LogP contribution in [0.5, 0.6) is 0 Å². The molecule has 1 aromatic carbocycles. The first-order chi connectivity index (χ1) is 11.1. The van der Waals surface area contributed by atoms with Gasteiger partial charge in [-0.05, 0) is 30.2 Å². The van der Waals surface area contributed by atoms with E-state index in [2.05, 4.69) is 21.4 Å². The van der Waals surface area contributed by atoms with Crippen LogP contribution in [0.1, 0.15) is 22.9 Å². The maximum Gasteiger partial charge on any atom is 0.157 e. The van der Waals surface area contributed by atoms with Gasteiger partial charge in [0.15, 0.2) is 5.17 Å². The number of amidine groups is 1. The van der Waals surface area contributed by atoms with Gasteiger partial charge in [0.25, 0.3) is 0 Å². The van der Waals surface area contributed by atoms with Gasteiger partial charge in [-0.3, -0.25) is 9.98 Å². The zero-order valence-corrected chi connectivity index (χ0v) is 15.0. The summed E-state index contributed by atoms with van der Waals surface area (Å²) in [6.45, 7) is 2.88. The van der Waals surface area contributed by atoms with Gasteiger partial charge in [-0.1, -0.05) is 53.2 Å². The fourth-order valence-corrected chi connectivity index (χ4v) is 3.65.